The third-order valence-corrected chi connectivity index (χ3v) is 4.71. The van der Waals surface area contributed by atoms with Crippen molar-refractivity contribution < 1.29 is 9.59 Å². The average molecular weight is 364 g/mol. The van der Waals surface area contributed by atoms with Crippen molar-refractivity contribution in [2.75, 3.05) is 18.4 Å². The first-order chi connectivity index (χ1) is 13.0. The van der Waals surface area contributed by atoms with E-state index < -0.39 is 6.04 Å². The lowest BCUT2D eigenvalue weighted by atomic mass is 10.1. The first-order valence-electron chi connectivity index (χ1n) is 9.17. The highest BCUT2D eigenvalue weighted by Gasteiger charge is 2.18. The number of anilines is 1. The molecular weight excluding hydrogens is 340 g/mol. The molecule has 0 spiro atoms. The minimum absolute atomic E-state index is 0.0373. The molecule has 1 aromatic heterocycles. The Balaban J connectivity index is 1.78. The molecule has 1 heterocycles. The number of hydrogen-bond acceptors (Lipinski definition) is 3. The molecule has 0 bridgehead atoms. The summed E-state index contributed by atoms with van der Waals surface area (Å²) in [6.45, 7) is 7.02. The highest BCUT2D eigenvalue weighted by molar-refractivity contribution is 5.98. The maximum absolute atomic E-state index is 12.7. The summed E-state index contributed by atoms with van der Waals surface area (Å²) < 4.78 is 1.84. The van der Waals surface area contributed by atoms with Crippen molar-refractivity contribution in [2.24, 2.45) is 0 Å². The third-order valence-electron chi connectivity index (χ3n) is 4.71. The van der Waals surface area contributed by atoms with Crippen LogP contribution in [0.1, 0.15) is 37.2 Å². The van der Waals surface area contributed by atoms with Crippen LogP contribution < -0.4 is 5.32 Å². The van der Waals surface area contributed by atoms with Gasteiger partial charge in [0.2, 0.25) is 5.91 Å². The van der Waals surface area contributed by atoms with E-state index in [4.69, 9.17) is 0 Å². The van der Waals surface area contributed by atoms with Crippen LogP contribution in [0.4, 0.5) is 5.69 Å². The summed E-state index contributed by atoms with van der Waals surface area (Å²) in [7, 11) is 0. The van der Waals surface area contributed by atoms with Crippen molar-refractivity contribution in [3.8, 4) is 0 Å². The Bertz CT molecular complexity index is 959. The number of amides is 2. The van der Waals surface area contributed by atoms with Crippen LogP contribution >= 0.6 is 0 Å². The molecule has 2 amide bonds. The Labute approximate surface area is 158 Å². The number of fused-ring (bicyclic) bond motifs is 1. The standard InChI is InChI=1S/C21H24N4O2/c1-4-24(5-2)21(27)16-9-8-10-17(13-16)23-20(26)15(3)25-14-22-18-11-6-7-12-19(18)25/h6-15H,4-5H2,1-3H3,(H,23,26). The smallest absolute Gasteiger partial charge is 0.253 e. The Morgan fingerprint density at radius 2 is 1.85 bits per heavy atom. The Hall–Kier alpha value is -3.15. The second-order valence-corrected chi connectivity index (χ2v) is 6.36. The van der Waals surface area contributed by atoms with Crippen LogP contribution in [0.3, 0.4) is 0 Å². The largest absolute Gasteiger partial charge is 0.339 e. The molecule has 0 radical (unpaired) electrons. The zero-order valence-electron chi connectivity index (χ0n) is 15.8. The molecule has 0 aliphatic rings. The number of benzene rings is 2. The number of hydrogen-bond donors (Lipinski definition) is 1. The minimum Gasteiger partial charge on any atom is -0.339 e. The highest BCUT2D eigenvalue weighted by Crippen LogP contribution is 2.20. The molecule has 1 N–H and O–H groups in total. The average Bonchev–Trinajstić information content (AvgIpc) is 3.12. The maximum Gasteiger partial charge on any atom is 0.253 e. The third kappa shape index (κ3) is 3.84. The first kappa shape index (κ1) is 18.6. The molecule has 1 unspecified atom stereocenters. The molecule has 0 saturated heterocycles. The molecule has 140 valence electrons. The highest BCUT2D eigenvalue weighted by atomic mass is 16.2. The summed E-state index contributed by atoms with van der Waals surface area (Å²) in [4.78, 5) is 31.3. The summed E-state index contributed by atoms with van der Waals surface area (Å²) in [5.74, 6) is -0.199. The fraction of sp³-hybridized carbons (Fsp3) is 0.286. The molecule has 2 aromatic carbocycles. The molecule has 1 atom stereocenters. The van der Waals surface area contributed by atoms with E-state index >= 15 is 0 Å². The summed E-state index contributed by atoms with van der Waals surface area (Å²) >= 11 is 0. The summed E-state index contributed by atoms with van der Waals surface area (Å²) in [6, 6.07) is 14.3. The molecule has 27 heavy (non-hydrogen) atoms. The lowest BCUT2D eigenvalue weighted by Gasteiger charge is -2.19. The van der Waals surface area contributed by atoms with Crippen molar-refractivity contribution in [3.05, 3.63) is 60.4 Å². The predicted octanol–water partition coefficient (Wildman–Crippen LogP) is 3.72. The fourth-order valence-electron chi connectivity index (χ4n) is 3.08. The molecule has 0 aliphatic carbocycles. The Morgan fingerprint density at radius 1 is 1.11 bits per heavy atom. The number of imidazole rings is 1. The number of carbonyl (C=O) groups excluding carboxylic acids is 2. The summed E-state index contributed by atoms with van der Waals surface area (Å²) in [5, 5.41) is 2.91. The van der Waals surface area contributed by atoms with E-state index in [9.17, 15) is 9.59 Å². The Kier molecular flexibility index (Phi) is 5.54. The molecule has 3 rings (SSSR count). The van der Waals surface area contributed by atoms with Crippen molar-refractivity contribution in [1.29, 1.82) is 0 Å². The second kappa shape index (κ2) is 8.03. The van der Waals surface area contributed by atoms with Gasteiger partial charge in [0.25, 0.3) is 5.91 Å². The van der Waals surface area contributed by atoms with E-state index in [-0.39, 0.29) is 11.8 Å². The van der Waals surface area contributed by atoms with Crippen LogP contribution in [0.2, 0.25) is 0 Å². The minimum atomic E-state index is -0.431. The fourth-order valence-corrected chi connectivity index (χ4v) is 3.08. The Morgan fingerprint density at radius 3 is 2.59 bits per heavy atom. The van der Waals surface area contributed by atoms with Crippen LogP contribution in [0.15, 0.2) is 54.9 Å². The number of para-hydroxylation sites is 2. The van der Waals surface area contributed by atoms with Crippen LogP contribution in [-0.4, -0.2) is 39.4 Å². The number of carbonyl (C=O) groups is 2. The molecular formula is C21H24N4O2. The molecule has 6 nitrogen and oxygen atoms in total. The number of rotatable bonds is 6. The van der Waals surface area contributed by atoms with Gasteiger partial charge in [0.15, 0.2) is 0 Å². The van der Waals surface area contributed by atoms with Crippen LogP contribution in [0.5, 0.6) is 0 Å². The van der Waals surface area contributed by atoms with Crippen molar-refractivity contribution in [2.45, 2.75) is 26.8 Å². The monoisotopic (exact) mass is 364 g/mol. The van der Waals surface area contributed by atoms with Crippen LogP contribution in [0.25, 0.3) is 11.0 Å². The number of nitrogens with one attached hydrogen (secondary N) is 1. The molecule has 3 aromatic rings. The van der Waals surface area contributed by atoms with Crippen molar-refractivity contribution in [3.63, 3.8) is 0 Å². The van der Waals surface area contributed by atoms with E-state index in [1.165, 1.54) is 0 Å². The van der Waals surface area contributed by atoms with E-state index in [0.717, 1.165) is 11.0 Å². The van der Waals surface area contributed by atoms with Gasteiger partial charge in [-0.1, -0.05) is 18.2 Å². The topological polar surface area (TPSA) is 67.2 Å². The maximum atomic E-state index is 12.7. The lowest BCUT2D eigenvalue weighted by molar-refractivity contribution is -0.118. The molecule has 6 heteroatoms. The van der Waals surface area contributed by atoms with Gasteiger partial charge in [0.1, 0.15) is 6.04 Å². The molecule has 0 saturated carbocycles. The number of aromatic nitrogens is 2. The summed E-state index contributed by atoms with van der Waals surface area (Å²) in [6.07, 6.45) is 1.68. The van der Waals surface area contributed by atoms with Crippen LogP contribution in [-0.2, 0) is 4.79 Å². The second-order valence-electron chi connectivity index (χ2n) is 6.36. The van der Waals surface area contributed by atoms with E-state index in [1.807, 2.05) is 49.6 Å². The first-order valence-corrected chi connectivity index (χ1v) is 9.17. The lowest BCUT2D eigenvalue weighted by Crippen LogP contribution is -2.30. The zero-order chi connectivity index (χ0) is 19.4. The number of nitrogens with zero attached hydrogens (tertiary/aromatic N) is 3. The normalized spacial score (nSPS) is 12.0. The van der Waals surface area contributed by atoms with Gasteiger partial charge >= 0.3 is 0 Å². The SMILES string of the molecule is CCN(CC)C(=O)c1cccc(NC(=O)C(C)n2cnc3ccccc32)c1. The van der Waals surface area contributed by atoms with Gasteiger partial charge in [0.05, 0.1) is 17.4 Å². The van der Waals surface area contributed by atoms with Crippen molar-refractivity contribution >= 4 is 28.5 Å². The quantitative estimate of drug-likeness (QED) is 0.725. The van der Waals surface area contributed by atoms with Gasteiger partial charge in [-0.2, -0.15) is 0 Å². The van der Waals surface area contributed by atoms with Gasteiger partial charge in [-0.15, -0.1) is 0 Å². The van der Waals surface area contributed by atoms with E-state index in [1.54, 1.807) is 35.5 Å². The molecule has 0 fully saturated rings. The van der Waals surface area contributed by atoms with Crippen molar-refractivity contribution in [1.82, 2.24) is 14.5 Å². The molecule has 0 aliphatic heterocycles. The van der Waals surface area contributed by atoms with Gasteiger partial charge in [0, 0.05) is 24.3 Å². The summed E-state index contributed by atoms with van der Waals surface area (Å²) in [5.41, 5.74) is 2.93. The predicted molar refractivity (Wildman–Crippen MR) is 107 cm³/mol. The van der Waals surface area contributed by atoms with Gasteiger partial charge < -0.3 is 14.8 Å². The zero-order valence-corrected chi connectivity index (χ0v) is 15.8. The van der Waals surface area contributed by atoms with Gasteiger partial charge in [-0.3, -0.25) is 9.59 Å². The van der Waals surface area contributed by atoms with Crippen LogP contribution in [0, 0.1) is 0 Å². The van der Waals surface area contributed by atoms with Gasteiger partial charge in [-0.25, -0.2) is 4.98 Å². The van der Waals surface area contributed by atoms with E-state index in [0.29, 0.717) is 24.3 Å². The van der Waals surface area contributed by atoms with E-state index in [2.05, 4.69) is 10.3 Å². The van der Waals surface area contributed by atoms with Gasteiger partial charge in [-0.05, 0) is 51.1 Å².